The number of aliphatic carboxylic acids is 1. The number of nitrogens with zero attached hydrogens (tertiary/aromatic N) is 2. The Hall–Kier alpha value is -1.46. The number of pyridine rings is 1. The highest BCUT2D eigenvalue weighted by molar-refractivity contribution is 9.10. The molecule has 120 valence electrons. The van der Waals surface area contributed by atoms with Crippen LogP contribution in [0.3, 0.4) is 0 Å². The summed E-state index contributed by atoms with van der Waals surface area (Å²) in [4.78, 5) is 18.6. The molecule has 2 heterocycles. The van der Waals surface area contributed by atoms with Crippen molar-refractivity contribution in [1.82, 2.24) is 9.88 Å². The van der Waals surface area contributed by atoms with Crippen LogP contribution in [0.25, 0.3) is 10.9 Å². The Morgan fingerprint density at radius 2 is 2.35 bits per heavy atom. The van der Waals surface area contributed by atoms with E-state index in [9.17, 15) is 9.90 Å². The third-order valence-corrected chi connectivity index (χ3v) is 5.97. The summed E-state index contributed by atoms with van der Waals surface area (Å²) in [7, 11) is 0. The van der Waals surface area contributed by atoms with Gasteiger partial charge in [-0.15, -0.1) is 0 Å². The lowest BCUT2D eigenvalue weighted by molar-refractivity contribution is -0.149. The van der Waals surface area contributed by atoms with Gasteiger partial charge in [-0.05, 0) is 42.5 Å². The lowest BCUT2D eigenvalue weighted by atomic mass is 9.81. The Bertz CT molecular complexity index is 779. The topological polar surface area (TPSA) is 53.4 Å². The normalized spacial score (nSPS) is 27.4. The molecule has 2 atom stereocenters. The summed E-state index contributed by atoms with van der Waals surface area (Å²) in [6.07, 6.45) is 4.73. The van der Waals surface area contributed by atoms with Crippen LogP contribution in [-0.4, -0.2) is 34.0 Å². The standard InChI is InChI=1S/C18H19BrN2O2/c19-15-7-12-3-2-6-20-16(12)13(8-15)9-21-10-14-4-1-5-18(14,11-21)17(22)23/h2-3,6-8,14H,1,4-5,9-11H2,(H,22,23)/t14-,18+/m0/s1. The van der Waals surface area contributed by atoms with Crippen molar-refractivity contribution in [3.8, 4) is 0 Å². The van der Waals surface area contributed by atoms with E-state index in [1.54, 1.807) is 0 Å². The van der Waals surface area contributed by atoms with Gasteiger partial charge in [-0.25, -0.2) is 0 Å². The van der Waals surface area contributed by atoms with Crippen LogP contribution >= 0.6 is 15.9 Å². The molecule has 0 unspecified atom stereocenters. The van der Waals surface area contributed by atoms with E-state index in [0.717, 1.165) is 53.3 Å². The zero-order valence-electron chi connectivity index (χ0n) is 12.8. The molecule has 2 fully saturated rings. The SMILES string of the molecule is O=C(O)[C@@]12CCC[C@H]1CN(Cc1cc(Br)cc3cccnc13)C2. The van der Waals surface area contributed by atoms with Crippen LogP contribution in [0.4, 0.5) is 0 Å². The summed E-state index contributed by atoms with van der Waals surface area (Å²) in [5, 5.41) is 10.8. The van der Waals surface area contributed by atoms with E-state index < -0.39 is 11.4 Å². The van der Waals surface area contributed by atoms with Crippen LogP contribution in [0.15, 0.2) is 34.9 Å². The lowest BCUT2D eigenvalue weighted by Crippen LogP contribution is -2.35. The molecule has 5 heteroatoms. The van der Waals surface area contributed by atoms with Gasteiger partial charge in [0.2, 0.25) is 0 Å². The van der Waals surface area contributed by atoms with Gasteiger partial charge in [0.25, 0.3) is 0 Å². The first-order valence-electron chi connectivity index (χ1n) is 8.07. The number of halogens is 1. The number of likely N-dealkylation sites (tertiary alicyclic amines) is 1. The van der Waals surface area contributed by atoms with E-state index in [1.165, 1.54) is 0 Å². The van der Waals surface area contributed by atoms with E-state index in [1.807, 2.05) is 12.3 Å². The van der Waals surface area contributed by atoms with E-state index >= 15 is 0 Å². The van der Waals surface area contributed by atoms with Crippen molar-refractivity contribution in [3.05, 3.63) is 40.5 Å². The molecule has 1 N–H and O–H groups in total. The number of rotatable bonds is 3. The molecule has 1 saturated heterocycles. The number of carboxylic acids is 1. The minimum absolute atomic E-state index is 0.298. The quantitative estimate of drug-likeness (QED) is 0.889. The molecule has 0 radical (unpaired) electrons. The number of fused-ring (bicyclic) bond motifs is 2. The highest BCUT2D eigenvalue weighted by Gasteiger charge is 2.54. The van der Waals surface area contributed by atoms with Gasteiger partial charge in [-0.2, -0.15) is 0 Å². The fourth-order valence-corrected chi connectivity index (χ4v) is 4.98. The van der Waals surface area contributed by atoms with Crippen LogP contribution in [0, 0.1) is 11.3 Å². The van der Waals surface area contributed by atoms with Crippen molar-refractivity contribution in [2.45, 2.75) is 25.8 Å². The molecule has 0 bridgehead atoms. The predicted molar refractivity (Wildman–Crippen MR) is 92.1 cm³/mol. The molecular weight excluding hydrogens is 356 g/mol. The second kappa shape index (κ2) is 5.56. The summed E-state index contributed by atoms with van der Waals surface area (Å²) < 4.78 is 1.04. The molecule has 1 aromatic heterocycles. The average molecular weight is 375 g/mol. The molecule has 1 aromatic carbocycles. The summed E-state index contributed by atoms with van der Waals surface area (Å²) in [6, 6.07) is 8.19. The van der Waals surface area contributed by atoms with Gasteiger partial charge in [-0.1, -0.05) is 28.4 Å². The van der Waals surface area contributed by atoms with Crippen LogP contribution in [0.2, 0.25) is 0 Å². The maximum atomic E-state index is 11.8. The lowest BCUT2D eigenvalue weighted by Gasteiger charge is -2.23. The average Bonchev–Trinajstić information content (AvgIpc) is 3.04. The number of benzene rings is 1. The van der Waals surface area contributed by atoms with Crippen LogP contribution in [0.1, 0.15) is 24.8 Å². The highest BCUT2D eigenvalue weighted by atomic mass is 79.9. The van der Waals surface area contributed by atoms with Gasteiger partial charge in [0.15, 0.2) is 0 Å². The highest BCUT2D eigenvalue weighted by Crippen LogP contribution is 2.49. The summed E-state index contributed by atoms with van der Waals surface area (Å²) in [6.45, 7) is 2.31. The van der Waals surface area contributed by atoms with Crippen LogP contribution in [-0.2, 0) is 11.3 Å². The number of carboxylic acid groups (broad SMARTS) is 1. The third-order valence-electron chi connectivity index (χ3n) is 5.51. The monoisotopic (exact) mass is 374 g/mol. The third kappa shape index (κ3) is 2.46. The van der Waals surface area contributed by atoms with E-state index in [-0.39, 0.29) is 0 Å². The largest absolute Gasteiger partial charge is 0.481 e. The van der Waals surface area contributed by atoms with E-state index in [2.05, 4.69) is 44.0 Å². The zero-order valence-corrected chi connectivity index (χ0v) is 14.4. The molecule has 0 amide bonds. The molecule has 23 heavy (non-hydrogen) atoms. The van der Waals surface area contributed by atoms with Gasteiger partial charge < -0.3 is 5.11 Å². The maximum Gasteiger partial charge on any atom is 0.311 e. The van der Waals surface area contributed by atoms with Gasteiger partial charge in [0.1, 0.15) is 0 Å². The van der Waals surface area contributed by atoms with Crippen molar-refractivity contribution in [2.24, 2.45) is 11.3 Å². The smallest absolute Gasteiger partial charge is 0.311 e. The Morgan fingerprint density at radius 3 is 3.13 bits per heavy atom. The van der Waals surface area contributed by atoms with Gasteiger partial charge in [0, 0.05) is 35.7 Å². The zero-order chi connectivity index (χ0) is 16.0. The predicted octanol–water partition coefficient (Wildman–Crippen LogP) is 3.68. The van der Waals surface area contributed by atoms with E-state index in [4.69, 9.17) is 0 Å². The second-order valence-electron chi connectivity index (χ2n) is 6.86. The van der Waals surface area contributed by atoms with Gasteiger partial charge in [0.05, 0.1) is 10.9 Å². The maximum absolute atomic E-state index is 11.8. The molecular formula is C18H19BrN2O2. The summed E-state index contributed by atoms with van der Waals surface area (Å²) in [5.74, 6) is -0.314. The Labute approximate surface area is 143 Å². The van der Waals surface area contributed by atoms with Crippen molar-refractivity contribution in [1.29, 1.82) is 0 Å². The van der Waals surface area contributed by atoms with E-state index in [0.29, 0.717) is 12.5 Å². The van der Waals surface area contributed by atoms with Crippen molar-refractivity contribution in [3.63, 3.8) is 0 Å². The van der Waals surface area contributed by atoms with Gasteiger partial charge >= 0.3 is 5.97 Å². The first-order valence-corrected chi connectivity index (χ1v) is 8.87. The molecule has 4 nitrogen and oxygen atoms in total. The number of aromatic nitrogens is 1. The number of hydrogen-bond donors (Lipinski definition) is 1. The first-order chi connectivity index (χ1) is 11.1. The Morgan fingerprint density at radius 1 is 1.48 bits per heavy atom. The fraction of sp³-hybridized carbons (Fsp3) is 0.444. The van der Waals surface area contributed by atoms with Crippen molar-refractivity contribution in [2.75, 3.05) is 13.1 Å². The minimum atomic E-state index is -0.611. The molecule has 1 aliphatic carbocycles. The summed E-state index contributed by atoms with van der Waals surface area (Å²) in [5.41, 5.74) is 1.66. The summed E-state index contributed by atoms with van der Waals surface area (Å²) >= 11 is 3.57. The minimum Gasteiger partial charge on any atom is -0.481 e. The molecule has 2 aromatic rings. The molecule has 4 rings (SSSR count). The van der Waals surface area contributed by atoms with Gasteiger partial charge in [-0.3, -0.25) is 14.7 Å². The fourth-order valence-electron chi connectivity index (χ4n) is 4.45. The molecule has 1 saturated carbocycles. The Balaban J connectivity index is 1.64. The number of hydrogen-bond acceptors (Lipinski definition) is 3. The second-order valence-corrected chi connectivity index (χ2v) is 7.78. The molecule has 2 aliphatic rings. The molecule has 0 spiro atoms. The first kappa shape index (κ1) is 15.1. The molecule has 1 aliphatic heterocycles. The Kier molecular flexibility index (Phi) is 3.65. The van der Waals surface area contributed by atoms with Crippen molar-refractivity contribution < 1.29 is 9.90 Å². The van der Waals surface area contributed by atoms with Crippen molar-refractivity contribution >= 4 is 32.8 Å². The van der Waals surface area contributed by atoms with Crippen LogP contribution < -0.4 is 0 Å². The number of carbonyl (C=O) groups is 1. The van der Waals surface area contributed by atoms with Crippen LogP contribution in [0.5, 0.6) is 0 Å².